The van der Waals surface area contributed by atoms with Gasteiger partial charge in [0.15, 0.2) is 18.9 Å². The average Bonchev–Trinajstić information content (AvgIpc) is 2.88. The highest BCUT2D eigenvalue weighted by molar-refractivity contribution is 6.99. The number of hydrogen-bond acceptors (Lipinski definition) is 1. The molecule has 21 heavy (non-hydrogen) atoms. The van der Waals surface area contributed by atoms with Gasteiger partial charge < -0.3 is 0 Å². The molecule has 0 spiro atoms. The smallest absolute Gasteiger partial charge is 0.164 e. The number of benzene rings is 1. The zero-order valence-corrected chi connectivity index (χ0v) is 13.7. The molecule has 2 aromatic heterocycles. The molecule has 3 heteroatoms. The number of rotatable bonds is 2. The molecule has 0 bridgehead atoms. The van der Waals surface area contributed by atoms with Crippen LogP contribution < -0.4 is 8.52 Å². The third-order valence-electron chi connectivity index (χ3n) is 3.91. The highest BCUT2D eigenvalue weighted by Crippen LogP contribution is 2.26. The summed E-state index contributed by atoms with van der Waals surface area (Å²) < 4.78 is 4.48. The molecule has 0 saturated carbocycles. The van der Waals surface area contributed by atoms with Gasteiger partial charge in [-0.05, 0) is 25.5 Å². The Morgan fingerprint density at radius 2 is 1.81 bits per heavy atom. The second-order valence-electron chi connectivity index (χ2n) is 5.46. The number of aromatic nitrogens is 2. The first-order valence-corrected chi connectivity index (χ1v) is 7.95. The van der Waals surface area contributed by atoms with E-state index in [-0.39, 0.29) is 0 Å². The van der Waals surface area contributed by atoms with E-state index in [1.807, 2.05) is 0 Å². The van der Waals surface area contributed by atoms with Gasteiger partial charge in [-0.15, -0.1) is 3.96 Å². The summed E-state index contributed by atoms with van der Waals surface area (Å²) >= 11 is 1.73. The Morgan fingerprint density at radius 1 is 1.00 bits per heavy atom. The van der Waals surface area contributed by atoms with Gasteiger partial charge in [-0.25, -0.2) is 0 Å². The lowest BCUT2D eigenvalue weighted by Crippen LogP contribution is -2.35. The molecule has 0 amide bonds. The van der Waals surface area contributed by atoms with Crippen molar-refractivity contribution in [2.24, 2.45) is 7.05 Å². The van der Waals surface area contributed by atoms with Crippen LogP contribution in [0.2, 0.25) is 0 Å². The van der Waals surface area contributed by atoms with Crippen LogP contribution in [0, 0.1) is 20.8 Å². The van der Waals surface area contributed by atoms with E-state index >= 15 is 0 Å². The summed E-state index contributed by atoms with van der Waals surface area (Å²) in [6.07, 6.45) is 2.13. The molecule has 3 aromatic rings. The fourth-order valence-electron chi connectivity index (χ4n) is 2.76. The standard InChI is InChI=1S/C18H20N2S/c1-13-11-16(17-8-10-21-19(17)4)15(3)18(12-13)20-9-6-5-7-14(20)2/h5-12H,1-4H3/q+2. The van der Waals surface area contributed by atoms with E-state index in [9.17, 15) is 0 Å². The summed E-state index contributed by atoms with van der Waals surface area (Å²) in [6, 6.07) is 13.0. The van der Waals surface area contributed by atoms with Crippen molar-refractivity contribution in [3.63, 3.8) is 0 Å². The van der Waals surface area contributed by atoms with Crippen LogP contribution >= 0.6 is 11.5 Å². The molecule has 1 aromatic carbocycles. The minimum atomic E-state index is 1.24. The van der Waals surface area contributed by atoms with Crippen molar-refractivity contribution in [3.05, 3.63) is 64.8 Å². The van der Waals surface area contributed by atoms with Crippen LogP contribution in [0.3, 0.4) is 0 Å². The first-order chi connectivity index (χ1) is 10.1. The summed E-state index contributed by atoms with van der Waals surface area (Å²) in [5.41, 5.74) is 7.68. The fraction of sp³-hybridized carbons (Fsp3) is 0.222. The highest BCUT2D eigenvalue weighted by atomic mass is 32.1. The van der Waals surface area contributed by atoms with Crippen LogP contribution in [-0.2, 0) is 7.05 Å². The number of pyridine rings is 1. The predicted octanol–water partition coefficient (Wildman–Crippen LogP) is 3.44. The van der Waals surface area contributed by atoms with Crippen molar-refractivity contribution >= 4 is 11.5 Å². The lowest BCUT2D eigenvalue weighted by molar-refractivity contribution is -0.603. The van der Waals surface area contributed by atoms with E-state index in [0.717, 1.165) is 0 Å². The lowest BCUT2D eigenvalue weighted by atomic mass is 10.00. The minimum absolute atomic E-state index is 1.24. The molecular formula is C18H20N2S+2. The Kier molecular flexibility index (Phi) is 3.60. The van der Waals surface area contributed by atoms with Crippen LogP contribution in [0.4, 0.5) is 0 Å². The van der Waals surface area contributed by atoms with E-state index in [0.29, 0.717) is 0 Å². The van der Waals surface area contributed by atoms with Crippen LogP contribution in [0.15, 0.2) is 48.0 Å². The van der Waals surface area contributed by atoms with Crippen LogP contribution in [0.5, 0.6) is 0 Å². The minimum Gasteiger partial charge on any atom is -0.164 e. The van der Waals surface area contributed by atoms with E-state index in [2.05, 4.69) is 84.3 Å². The quantitative estimate of drug-likeness (QED) is 0.640. The maximum atomic E-state index is 2.28. The lowest BCUT2D eigenvalue weighted by Gasteiger charge is -2.08. The molecule has 106 valence electrons. The molecule has 0 N–H and O–H groups in total. The number of aryl methyl sites for hydroxylation is 3. The third-order valence-corrected chi connectivity index (χ3v) is 4.68. The van der Waals surface area contributed by atoms with E-state index in [1.165, 1.54) is 33.8 Å². The SMILES string of the molecule is Cc1cc(-c2ccs[n+]2C)c(C)c(-[n+]2ccccc2C)c1. The van der Waals surface area contributed by atoms with Crippen LogP contribution in [0.25, 0.3) is 16.9 Å². The maximum Gasteiger partial charge on any atom is 0.227 e. The Bertz CT molecular complexity index is 803. The first kappa shape index (κ1) is 14.0. The summed E-state index contributed by atoms with van der Waals surface area (Å²) in [5.74, 6) is 0. The first-order valence-electron chi connectivity index (χ1n) is 7.11. The van der Waals surface area contributed by atoms with Crippen molar-refractivity contribution in [1.29, 1.82) is 0 Å². The Labute approximate surface area is 130 Å². The van der Waals surface area contributed by atoms with Crippen molar-refractivity contribution in [2.75, 3.05) is 0 Å². The molecule has 0 aliphatic heterocycles. The summed E-state index contributed by atoms with van der Waals surface area (Å²) in [5, 5.41) is 2.14. The Hall–Kier alpha value is -2.00. The van der Waals surface area contributed by atoms with Gasteiger partial charge in [0.05, 0.1) is 10.9 Å². The topological polar surface area (TPSA) is 7.76 Å². The molecule has 2 nitrogen and oxygen atoms in total. The summed E-state index contributed by atoms with van der Waals surface area (Å²) in [6.45, 7) is 6.52. The number of nitrogens with zero attached hydrogens (tertiary/aromatic N) is 2. The van der Waals surface area contributed by atoms with Crippen molar-refractivity contribution in [2.45, 2.75) is 20.8 Å². The van der Waals surface area contributed by atoms with Crippen LogP contribution in [0.1, 0.15) is 16.8 Å². The highest BCUT2D eigenvalue weighted by Gasteiger charge is 2.21. The van der Waals surface area contributed by atoms with Crippen molar-refractivity contribution in [3.8, 4) is 16.9 Å². The van der Waals surface area contributed by atoms with Crippen molar-refractivity contribution in [1.82, 2.24) is 0 Å². The third kappa shape index (κ3) is 2.49. The zero-order valence-electron chi connectivity index (χ0n) is 12.9. The molecular weight excluding hydrogens is 276 g/mol. The zero-order chi connectivity index (χ0) is 15.0. The maximum absolute atomic E-state index is 2.28. The summed E-state index contributed by atoms with van der Waals surface area (Å²) in [7, 11) is 2.11. The second kappa shape index (κ2) is 5.41. The molecule has 0 aliphatic rings. The Balaban J connectivity index is 2.27. The van der Waals surface area contributed by atoms with E-state index < -0.39 is 0 Å². The fourth-order valence-corrected chi connectivity index (χ4v) is 3.41. The monoisotopic (exact) mass is 296 g/mol. The summed E-state index contributed by atoms with van der Waals surface area (Å²) in [4.78, 5) is 0. The van der Waals surface area contributed by atoms with Gasteiger partial charge in [-0.2, -0.15) is 4.57 Å². The molecule has 2 heterocycles. The van der Waals surface area contributed by atoms with Gasteiger partial charge in [0.1, 0.15) is 11.5 Å². The normalized spacial score (nSPS) is 10.9. The molecule has 0 unspecified atom stereocenters. The van der Waals surface area contributed by atoms with Gasteiger partial charge in [0.25, 0.3) is 0 Å². The second-order valence-corrected chi connectivity index (χ2v) is 6.49. The van der Waals surface area contributed by atoms with E-state index in [4.69, 9.17) is 0 Å². The number of hydrogen-bond donors (Lipinski definition) is 0. The van der Waals surface area contributed by atoms with Gasteiger partial charge >= 0.3 is 0 Å². The molecule has 3 rings (SSSR count). The van der Waals surface area contributed by atoms with Crippen LogP contribution in [-0.4, -0.2) is 0 Å². The molecule has 0 fully saturated rings. The van der Waals surface area contributed by atoms with Gasteiger partial charge in [0, 0.05) is 36.8 Å². The molecule has 0 aliphatic carbocycles. The Morgan fingerprint density at radius 3 is 2.48 bits per heavy atom. The molecule has 0 saturated heterocycles. The van der Waals surface area contributed by atoms with Gasteiger partial charge in [-0.3, -0.25) is 0 Å². The molecule has 0 radical (unpaired) electrons. The van der Waals surface area contributed by atoms with E-state index in [1.54, 1.807) is 11.5 Å². The van der Waals surface area contributed by atoms with Gasteiger partial charge in [-0.1, -0.05) is 6.07 Å². The average molecular weight is 296 g/mol. The van der Waals surface area contributed by atoms with Crippen molar-refractivity contribution < 1.29 is 8.52 Å². The molecule has 0 atom stereocenters. The predicted molar refractivity (Wildman–Crippen MR) is 86.7 cm³/mol. The van der Waals surface area contributed by atoms with Gasteiger partial charge in [0.2, 0.25) is 11.4 Å². The largest absolute Gasteiger partial charge is 0.227 e.